The molecule has 0 aromatic rings. The van der Waals surface area contributed by atoms with Gasteiger partial charge in [0.25, 0.3) is 0 Å². The summed E-state index contributed by atoms with van der Waals surface area (Å²) < 4.78 is 5.50. The number of carbonyl (C=O) groups is 1. The van der Waals surface area contributed by atoms with Crippen molar-refractivity contribution < 1.29 is 9.53 Å². The molecule has 0 fully saturated rings. The number of allylic oxidation sites excluding steroid dienone is 2. The molecule has 0 spiro atoms. The number of carbonyl (C=O) groups excluding carboxylic acids is 1. The third-order valence-electron chi connectivity index (χ3n) is 11.7. The van der Waals surface area contributed by atoms with Gasteiger partial charge in [-0.3, -0.25) is 4.79 Å². The normalized spacial score (nSPS) is 11.7. The highest BCUT2D eigenvalue weighted by Crippen LogP contribution is 2.17. The van der Waals surface area contributed by atoms with Gasteiger partial charge in [-0.15, -0.1) is 0 Å². The lowest BCUT2D eigenvalue weighted by atomic mass is 10.0. The Kier molecular flexibility index (Phi) is 48.5. The van der Waals surface area contributed by atoms with Crippen LogP contribution in [0.4, 0.5) is 0 Å². The molecule has 2 heteroatoms. The molecule has 0 aliphatic carbocycles. The van der Waals surface area contributed by atoms with Gasteiger partial charge in [0.1, 0.15) is 0 Å². The molecule has 0 N–H and O–H groups in total. The van der Waals surface area contributed by atoms with E-state index in [1.807, 2.05) is 0 Å². The van der Waals surface area contributed by atoms with Crippen LogP contribution >= 0.6 is 0 Å². The second kappa shape index (κ2) is 49.2. The molecular weight excluding hydrogens is 645 g/mol. The van der Waals surface area contributed by atoms with Crippen LogP contribution in [0.1, 0.15) is 303 Å². The zero-order chi connectivity index (χ0) is 38.2. The van der Waals surface area contributed by atoms with Gasteiger partial charge in [0.15, 0.2) is 0 Å². The molecule has 0 aliphatic rings. The Morgan fingerprint density at radius 2 is 0.528 bits per heavy atom. The van der Waals surface area contributed by atoms with Crippen molar-refractivity contribution in [2.45, 2.75) is 303 Å². The number of unbranched alkanes of at least 4 members (excludes halogenated alkanes) is 41. The average Bonchev–Trinajstić information content (AvgIpc) is 3.16. The van der Waals surface area contributed by atoms with Crippen LogP contribution in [-0.4, -0.2) is 12.6 Å². The summed E-state index contributed by atoms with van der Waals surface area (Å²) in [6.45, 7) is 5.23. The summed E-state index contributed by atoms with van der Waals surface area (Å²) in [4.78, 5) is 12.1. The summed E-state index contributed by atoms with van der Waals surface area (Å²) >= 11 is 0. The predicted octanol–water partition coefficient (Wildman–Crippen LogP) is 18.7. The summed E-state index contributed by atoms with van der Waals surface area (Å²) in [5, 5.41) is 0. The zero-order valence-electron chi connectivity index (χ0n) is 37.0. The van der Waals surface area contributed by atoms with E-state index in [0.29, 0.717) is 13.0 Å². The van der Waals surface area contributed by atoms with Crippen LogP contribution < -0.4 is 0 Å². The molecule has 2 nitrogen and oxygen atoms in total. The van der Waals surface area contributed by atoms with E-state index in [2.05, 4.69) is 26.0 Å². The van der Waals surface area contributed by atoms with Crippen molar-refractivity contribution in [3.63, 3.8) is 0 Å². The summed E-state index contributed by atoms with van der Waals surface area (Å²) in [6.07, 6.45) is 66.4. The largest absolute Gasteiger partial charge is 0.466 e. The molecule has 0 aromatic heterocycles. The first-order valence-corrected chi connectivity index (χ1v) is 25.1. The number of rotatable bonds is 47. The summed E-state index contributed by atoms with van der Waals surface area (Å²) in [6, 6.07) is 0. The van der Waals surface area contributed by atoms with Crippen LogP contribution in [0.3, 0.4) is 0 Å². The Morgan fingerprint density at radius 3 is 0.811 bits per heavy atom. The van der Waals surface area contributed by atoms with Crippen LogP contribution in [0.5, 0.6) is 0 Å². The smallest absolute Gasteiger partial charge is 0.305 e. The van der Waals surface area contributed by atoms with Gasteiger partial charge in [0, 0.05) is 6.42 Å². The minimum Gasteiger partial charge on any atom is -0.466 e. The maximum Gasteiger partial charge on any atom is 0.305 e. The van der Waals surface area contributed by atoms with E-state index in [9.17, 15) is 4.79 Å². The maximum absolute atomic E-state index is 12.1. The van der Waals surface area contributed by atoms with E-state index in [4.69, 9.17) is 4.74 Å². The van der Waals surface area contributed by atoms with Crippen molar-refractivity contribution in [1.29, 1.82) is 0 Å². The van der Waals surface area contributed by atoms with Crippen LogP contribution in [0.2, 0.25) is 0 Å². The Morgan fingerprint density at radius 1 is 0.302 bits per heavy atom. The highest BCUT2D eigenvalue weighted by atomic mass is 16.5. The van der Waals surface area contributed by atoms with Gasteiger partial charge in [-0.2, -0.15) is 0 Å². The van der Waals surface area contributed by atoms with Gasteiger partial charge >= 0.3 is 5.97 Å². The van der Waals surface area contributed by atoms with Crippen LogP contribution in [0.15, 0.2) is 12.2 Å². The molecule has 0 unspecified atom stereocenters. The quantitative estimate of drug-likeness (QED) is 0.0352. The third-order valence-corrected chi connectivity index (χ3v) is 11.7. The maximum atomic E-state index is 12.1. The fraction of sp³-hybridized carbons (Fsp3) is 0.941. The van der Waals surface area contributed by atoms with Gasteiger partial charge in [-0.05, 0) is 38.5 Å². The van der Waals surface area contributed by atoms with Crippen molar-refractivity contribution in [2.24, 2.45) is 0 Å². The molecule has 0 atom stereocenters. The zero-order valence-corrected chi connectivity index (χ0v) is 37.0. The Hall–Kier alpha value is -0.790. The molecule has 0 aliphatic heterocycles. The molecule has 0 heterocycles. The van der Waals surface area contributed by atoms with E-state index >= 15 is 0 Å². The van der Waals surface area contributed by atoms with Crippen molar-refractivity contribution in [2.75, 3.05) is 6.61 Å². The average molecular weight is 745 g/mol. The minimum atomic E-state index is 0.0302. The molecule has 53 heavy (non-hydrogen) atoms. The first-order chi connectivity index (χ1) is 26.3. The number of ether oxygens (including phenoxy) is 1. The monoisotopic (exact) mass is 745 g/mol. The number of hydrogen-bond acceptors (Lipinski definition) is 2. The number of hydrogen-bond donors (Lipinski definition) is 0. The molecule has 0 saturated carbocycles. The highest BCUT2D eigenvalue weighted by molar-refractivity contribution is 5.69. The topological polar surface area (TPSA) is 26.3 Å². The fourth-order valence-electron chi connectivity index (χ4n) is 7.90. The minimum absolute atomic E-state index is 0.0302. The molecule has 0 rings (SSSR count). The first kappa shape index (κ1) is 52.2. The van der Waals surface area contributed by atoms with Gasteiger partial charge in [0.2, 0.25) is 0 Å². The highest BCUT2D eigenvalue weighted by Gasteiger charge is 2.03. The summed E-state index contributed by atoms with van der Waals surface area (Å²) in [5.74, 6) is 0.0302. The first-order valence-electron chi connectivity index (χ1n) is 25.1. The predicted molar refractivity (Wildman–Crippen MR) is 239 cm³/mol. The molecule has 316 valence electrons. The van der Waals surface area contributed by atoms with E-state index < -0.39 is 0 Å². The Bertz CT molecular complexity index is 684. The summed E-state index contributed by atoms with van der Waals surface area (Å²) in [7, 11) is 0. The van der Waals surface area contributed by atoms with Crippen LogP contribution in [-0.2, 0) is 9.53 Å². The van der Waals surface area contributed by atoms with Crippen LogP contribution in [0, 0.1) is 0 Å². The van der Waals surface area contributed by atoms with E-state index in [0.717, 1.165) is 12.8 Å². The third kappa shape index (κ3) is 49.2. The van der Waals surface area contributed by atoms with Crippen molar-refractivity contribution in [3.05, 3.63) is 12.2 Å². The molecular formula is C51H100O2. The van der Waals surface area contributed by atoms with E-state index in [1.165, 1.54) is 270 Å². The molecule has 0 amide bonds. The molecule has 0 bridgehead atoms. The molecule has 0 radical (unpaired) electrons. The SMILES string of the molecule is CCCCCCCC/C=C\CCCCCCCCCCCCCC(=O)OCCCCCCCCCCCCCCCCCCCCCCCCCCC. The van der Waals surface area contributed by atoms with Gasteiger partial charge in [-0.25, -0.2) is 0 Å². The molecule has 0 saturated heterocycles. The van der Waals surface area contributed by atoms with Crippen molar-refractivity contribution in [3.8, 4) is 0 Å². The van der Waals surface area contributed by atoms with E-state index in [1.54, 1.807) is 0 Å². The Balaban J connectivity index is 3.16. The van der Waals surface area contributed by atoms with E-state index in [-0.39, 0.29) is 5.97 Å². The lowest BCUT2D eigenvalue weighted by Crippen LogP contribution is -2.05. The summed E-state index contributed by atoms with van der Waals surface area (Å²) in [5.41, 5.74) is 0. The second-order valence-corrected chi connectivity index (χ2v) is 17.2. The van der Waals surface area contributed by atoms with Crippen molar-refractivity contribution >= 4 is 5.97 Å². The number of esters is 1. The molecule has 0 aromatic carbocycles. The standard InChI is InChI=1S/C51H100O2/c1-3-5-7-9-11-13-15-17-19-21-23-25-26-27-28-30-32-34-36-38-40-42-44-46-48-50-53-51(52)49-47-45-43-41-39-37-35-33-31-29-24-22-20-18-16-14-12-10-8-6-4-2/h18,20H,3-17,19,21-50H2,1-2H3/b20-18-. The van der Waals surface area contributed by atoms with Crippen molar-refractivity contribution in [1.82, 2.24) is 0 Å². The lowest BCUT2D eigenvalue weighted by molar-refractivity contribution is -0.143. The Labute approximate surface area is 336 Å². The van der Waals surface area contributed by atoms with Crippen LogP contribution in [0.25, 0.3) is 0 Å². The van der Waals surface area contributed by atoms with Gasteiger partial charge in [0.05, 0.1) is 6.61 Å². The lowest BCUT2D eigenvalue weighted by Gasteiger charge is -2.06. The van der Waals surface area contributed by atoms with Gasteiger partial charge in [-0.1, -0.05) is 270 Å². The second-order valence-electron chi connectivity index (χ2n) is 17.2. The fourth-order valence-corrected chi connectivity index (χ4v) is 7.90. The van der Waals surface area contributed by atoms with Gasteiger partial charge < -0.3 is 4.74 Å².